The van der Waals surface area contributed by atoms with Crippen molar-refractivity contribution in [3.8, 4) is 0 Å². The molecule has 3 nitrogen and oxygen atoms in total. The van der Waals surface area contributed by atoms with E-state index < -0.39 is 0 Å². The number of ketones is 1. The standard InChI is InChI=1S/C13H13NO2/c1-3-10-7-8-12(16-10)13(15)11-6-4-5-9(2)14-11/h4-8H,3H2,1-2H3. The van der Waals surface area contributed by atoms with Crippen LogP contribution in [0.5, 0.6) is 0 Å². The highest BCUT2D eigenvalue weighted by molar-refractivity contribution is 6.05. The topological polar surface area (TPSA) is 43.1 Å². The molecule has 0 saturated heterocycles. The molecule has 2 rings (SSSR count). The summed E-state index contributed by atoms with van der Waals surface area (Å²) in [5.41, 5.74) is 1.25. The van der Waals surface area contributed by atoms with Crippen molar-refractivity contribution in [3.63, 3.8) is 0 Å². The third kappa shape index (κ3) is 2.03. The van der Waals surface area contributed by atoms with Crippen molar-refractivity contribution in [1.82, 2.24) is 4.98 Å². The smallest absolute Gasteiger partial charge is 0.246 e. The van der Waals surface area contributed by atoms with Crippen molar-refractivity contribution < 1.29 is 9.21 Å². The van der Waals surface area contributed by atoms with Gasteiger partial charge >= 0.3 is 0 Å². The first-order chi connectivity index (χ1) is 7.70. The number of hydrogen-bond donors (Lipinski definition) is 0. The van der Waals surface area contributed by atoms with E-state index in [1.54, 1.807) is 12.1 Å². The van der Waals surface area contributed by atoms with Crippen LogP contribution in [0.15, 0.2) is 34.7 Å². The lowest BCUT2D eigenvalue weighted by Gasteiger charge is -1.98. The monoisotopic (exact) mass is 215 g/mol. The summed E-state index contributed by atoms with van der Waals surface area (Å²) in [7, 11) is 0. The number of pyridine rings is 1. The zero-order valence-electron chi connectivity index (χ0n) is 9.36. The van der Waals surface area contributed by atoms with Gasteiger partial charge in [-0.15, -0.1) is 0 Å². The number of furan rings is 1. The Bertz CT molecular complexity index is 514. The zero-order chi connectivity index (χ0) is 11.5. The average molecular weight is 215 g/mol. The summed E-state index contributed by atoms with van der Waals surface area (Å²) < 4.78 is 5.40. The van der Waals surface area contributed by atoms with Crippen LogP contribution < -0.4 is 0 Å². The minimum Gasteiger partial charge on any atom is -0.458 e. The van der Waals surface area contributed by atoms with Crippen molar-refractivity contribution in [2.24, 2.45) is 0 Å². The lowest BCUT2D eigenvalue weighted by Crippen LogP contribution is -2.03. The molecule has 0 radical (unpaired) electrons. The van der Waals surface area contributed by atoms with Crippen molar-refractivity contribution >= 4 is 5.78 Å². The molecule has 0 amide bonds. The van der Waals surface area contributed by atoms with Gasteiger partial charge in [-0.05, 0) is 31.2 Å². The molecular formula is C13H13NO2. The third-order valence-corrected chi connectivity index (χ3v) is 2.35. The Kier molecular flexibility index (Phi) is 2.86. The van der Waals surface area contributed by atoms with Crippen LogP contribution in [-0.2, 0) is 6.42 Å². The summed E-state index contributed by atoms with van der Waals surface area (Å²) in [6.07, 6.45) is 0.786. The molecule has 0 saturated carbocycles. The van der Waals surface area contributed by atoms with Gasteiger partial charge in [-0.25, -0.2) is 4.98 Å². The second-order valence-corrected chi connectivity index (χ2v) is 3.61. The minimum absolute atomic E-state index is 0.164. The van der Waals surface area contributed by atoms with E-state index >= 15 is 0 Å². The van der Waals surface area contributed by atoms with Gasteiger partial charge in [-0.2, -0.15) is 0 Å². The van der Waals surface area contributed by atoms with Crippen molar-refractivity contribution in [1.29, 1.82) is 0 Å². The van der Waals surface area contributed by atoms with Gasteiger partial charge in [0, 0.05) is 12.1 Å². The SMILES string of the molecule is CCc1ccc(C(=O)c2cccc(C)n2)o1. The average Bonchev–Trinajstić information content (AvgIpc) is 2.76. The number of nitrogens with zero attached hydrogens (tertiary/aromatic N) is 1. The van der Waals surface area contributed by atoms with E-state index in [4.69, 9.17) is 4.42 Å². The lowest BCUT2D eigenvalue weighted by atomic mass is 10.2. The van der Waals surface area contributed by atoms with E-state index in [-0.39, 0.29) is 5.78 Å². The molecule has 0 spiro atoms. The van der Waals surface area contributed by atoms with Gasteiger partial charge in [0.15, 0.2) is 5.76 Å². The van der Waals surface area contributed by atoms with Crippen LogP contribution in [0.3, 0.4) is 0 Å². The highest BCUT2D eigenvalue weighted by Gasteiger charge is 2.14. The Balaban J connectivity index is 2.31. The molecule has 2 heterocycles. The molecule has 0 bridgehead atoms. The Morgan fingerprint density at radius 2 is 2.12 bits per heavy atom. The predicted octanol–water partition coefficient (Wildman–Crippen LogP) is 2.78. The summed E-state index contributed by atoms with van der Waals surface area (Å²) in [5, 5.41) is 0. The molecule has 0 atom stereocenters. The van der Waals surface area contributed by atoms with Crippen molar-refractivity contribution in [2.75, 3.05) is 0 Å². The van der Waals surface area contributed by atoms with Crippen LogP contribution in [0.4, 0.5) is 0 Å². The molecule has 0 aromatic carbocycles. The van der Waals surface area contributed by atoms with Gasteiger partial charge in [0.1, 0.15) is 11.5 Å². The third-order valence-electron chi connectivity index (χ3n) is 2.35. The van der Waals surface area contributed by atoms with E-state index in [0.29, 0.717) is 11.5 Å². The molecule has 0 unspecified atom stereocenters. The summed E-state index contributed by atoms with van der Waals surface area (Å²) in [4.78, 5) is 16.1. The molecule has 82 valence electrons. The second-order valence-electron chi connectivity index (χ2n) is 3.61. The van der Waals surface area contributed by atoms with Gasteiger partial charge in [0.2, 0.25) is 5.78 Å². The minimum atomic E-state index is -0.164. The fraction of sp³-hybridized carbons (Fsp3) is 0.231. The maximum Gasteiger partial charge on any atom is 0.246 e. The van der Waals surface area contributed by atoms with Crippen LogP contribution in [-0.4, -0.2) is 10.8 Å². The fourth-order valence-electron chi connectivity index (χ4n) is 1.49. The normalized spacial score (nSPS) is 10.4. The Morgan fingerprint density at radius 1 is 1.31 bits per heavy atom. The van der Waals surface area contributed by atoms with Gasteiger partial charge in [-0.3, -0.25) is 4.79 Å². The molecule has 0 aliphatic carbocycles. The maximum absolute atomic E-state index is 12.0. The molecule has 16 heavy (non-hydrogen) atoms. The van der Waals surface area contributed by atoms with E-state index in [1.807, 2.05) is 32.0 Å². The van der Waals surface area contributed by atoms with Gasteiger partial charge in [0.25, 0.3) is 0 Å². The molecule has 0 aliphatic heterocycles. The van der Waals surface area contributed by atoms with Crippen LogP contribution in [0, 0.1) is 6.92 Å². The summed E-state index contributed by atoms with van der Waals surface area (Å²) in [6.45, 7) is 3.84. The first-order valence-electron chi connectivity index (χ1n) is 5.27. The molecule has 0 N–H and O–H groups in total. The van der Waals surface area contributed by atoms with E-state index in [1.165, 1.54) is 0 Å². The largest absolute Gasteiger partial charge is 0.458 e. The Hall–Kier alpha value is -1.90. The number of carbonyl (C=O) groups excluding carboxylic acids is 1. The summed E-state index contributed by atoms with van der Waals surface area (Å²) in [6, 6.07) is 8.90. The number of aryl methyl sites for hydroxylation is 2. The fourth-order valence-corrected chi connectivity index (χ4v) is 1.49. The number of aromatic nitrogens is 1. The Morgan fingerprint density at radius 3 is 2.75 bits per heavy atom. The van der Waals surface area contributed by atoms with E-state index in [2.05, 4.69) is 4.98 Å². The highest BCUT2D eigenvalue weighted by Crippen LogP contribution is 2.13. The molecular weight excluding hydrogens is 202 g/mol. The van der Waals surface area contributed by atoms with Crippen LogP contribution >= 0.6 is 0 Å². The first-order valence-corrected chi connectivity index (χ1v) is 5.27. The number of hydrogen-bond acceptors (Lipinski definition) is 3. The van der Waals surface area contributed by atoms with Crippen LogP contribution in [0.2, 0.25) is 0 Å². The molecule has 0 fully saturated rings. The number of rotatable bonds is 3. The highest BCUT2D eigenvalue weighted by atomic mass is 16.3. The van der Waals surface area contributed by atoms with Gasteiger partial charge < -0.3 is 4.42 Å². The van der Waals surface area contributed by atoms with E-state index in [0.717, 1.165) is 17.9 Å². The molecule has 2 aromatic rings. The van der Waals surface area contributed by atoms with E-state index in [9.17, 15) is 4.79 Å². The van der Waals surface area contributed by atoms with Gasteiger partial charge in [-0.1, -0.05) is 13.0 Å². The van der Waals surface area contributed by atoms with Crippen molar-refractivity contribution in [3.05, 3.63) is 53.2 Å². The molecule has 3 heteroatoms. The van der Waals surface area contributed by atoms with Crippen LogP contribution in [0.25, 0.3) is 0 Å². The maximum atomic E-state index is 12.0. The summed E-state index contributed by atoms with van der Waals surface area (Å²) >= 11 is 0. The van der Waals surface area contributed by atoms with Gasteiger partial charge in [0.05, 0.1) is 0 Å². The Labute approximate surface area is 94.1 Å². The molecule has 2 aromatic heterocycles. The lowest BCUT2D eigenvalue weighted by molar-refractivity contribution is 0.100. The van der Waals surface area contributed by atoms with Crippen LogP contribution in [0.1, 0.15) is 34.6 Å². The zero-order valence-corrected chi connectivity index (χ0v) is 9.36. The van der Waals surface area contributed by atoms with Crippen molar-refractivity contribution in [2.45, 2.75) is 20.3 Å². The quantitative estimate of drug-likeness (QED) is 0.739. The second kappa shape index (κ2) is 4.31. The first kappa shape index (κ1) is 10.6. The predicted molar refractivity (Wildman–Crippen MR) is 60.5 cm³/mol. The number of carbonyl (C=O) groups is 1. The molecule has 0 aliphatic rings. The summed E-state index contributed by atoms with van der Waals surface area (Å²) in [5.74, 6) is 1.01.